The summed E-state index contributed by atoms with van der Waals surface area (Å²) < 4.78 is 33.0. The van der Waals surface area contributed by atoms with E-state index in [0.29, 0.717) is 38.5 Å². The zero-order valence-corrected chi connectivity index (χ0v) is 13.9. The number of aromatic carboxylic acids is 1. The summed E-state index contributed by atoms with van der Waals surface area (Å²) >= 11 is 0. The van der Waals surface area contributed by atoms with Gasteiger partial charge in [-0.25, -0.2) is 17.9 Å². The van der Waals surface area contributed by atoms with Crippen molar-refractivity contribution < 1.29 is 23.1 Å². The second-order valence-electron chi connectivity index (χ2n) is 5.34. The second-order valence-corrected chi connectivity index (χ2v) is 7.07. The van der Waals surface area contributed by atoms with Crippen molar-refractivity contribution in [2.75, 3.05) is 37.7 Å². The van der Waals surface area contributed by atoms with Crippen LogP contribution in [0.3, 0.4) is 0 Å². The lowest BCUT2D eigenvalue weighted by Gasteiger charge is -2.30. The van der Waals surface area contributed by atoms with Gasteiger partial charge in [-0.15, -0.1) is 0 Å². The minimum Gasteiger partial charge on any atom is -0.478 e. The van der Waals surface area contributed by atoms with E-state index in [4.69, 9.17) is 9.84 Å². The first-order valence-corrected chi connectivity index (χ1v) is 9.13. The zero-order chi connectivity index (χ0) is 16.9. The van der Waals surface area contributed by atoms with Crippen molar-refractivity contribution in [2.45, 2.75) is 24.7 Å². The van der Waals surface area contributed by atoms with E-state index < -0.39 is 16.0 Å². The predicted molar refractivity (Wildman–Crippen MR) is 86.5 cm³/mol. The van der Waals surface area contributed by atoms with Crippen LogP contribution in [0, 0.1) is 0 Å². The van der Waals surface area contributed by atoms with Crippen molar-refractivity contribution in [1.82, 2.24) is 4.72 Å². The van der Waals surface area contributed by atoms with Crippen LogP contribution < -0.4 is 9.62 Å². The largest absolute Gasteiger partial charge is 0.478 e. The molecule has 0 aromatic heterocycles. The minimum absolute atomic E-state index is 0.00963. The quantitative estimate of drug-likeness (QED) is 0.725. The van der Waals surface area contributed by atoms with Gasteiger partial charge < -0.3 is 14.7 Å². The van der Waals surface area contributed by atoms with Gasteiger partial charge in [0.05, 0.1) is 24.5 Å². The summed E-state index contributed by atoms with van der Waals surface area (Å²) in [6, 6.07) is 4.21. The highest BCUT2D eigenvalue weighted by Crippen LogP contribution is 2.27. The van der Waals surface area contributed by atoms with E-state index in [9.17, 15) is 13.2 Å². The highest BCUT2D eigenvalue weighted by atomic mass is 32.2. The molecule has 1 heterocycles. The Morgan fingerprint density at radius 1 is 1.35 bits per heavy atom. The maximum Gasteiger partial charge on any atom is 0.335 e. The van der Waals surface area contributed by atoms with Gasteiger partial charge in [0.2, 0.25) is 10.0 Å². The van der Waals surface area contributed by atoms with Gasteiger partial charge in [-0.3, -0.25) is 0 Å². The van der Waals surface area contributed by atoms with Crippen molar-refractivity contribution in [3.05, 3.63) is 23.8 Å². The Balaban J connectivity index is 2.39. The van der Waals surface area contributed by atoms with Crippen LogP contribution in [0.15, 0.2) is 23.1 Å². The molecular formula is C15H22N2O5S. The number of benzene rings is 1. The molecule has 1 aromatic carbocycles. The van der Waals surface area contributed by atoms with Crippen LogP contribution in [-0.4, -0.2) is 52.3 Å². The van der Waals surface area contributed by atoms with Gasteiger partial charge in [-0.1, -0.05) is 13.3 Å². The smallest absolute Gasteiger partial charge is 0.335 e. The van der Waals surface area contributed by atoms with Crippen molar-refractivity contribution in [3.8, 4) is 0 Å². The Morgan fingerprint density at radius 2 is 2.04 bits per heavy atom. The average Bonchev–Trinajstić information content (AvgIpc) is 2.55. The van der Waals surface area contributed by atoms with Gasteiger partial charge in [0, 0.05) is 19.6 Å². The number of sulfonamides is 1. The number of nitrogens with zero attached hydrogens (tertiary/aromatic N) is 1. The Morgan fingerprint density at radius 3 is 2.65 bits per heavy atom. The zero-order valence-electron chi connectivity index (χ0n) is 13.1. The van der Waals surface area contributed by atoms with Gasteiger partial charge >= 0.3 is 5.97 Å². The fourth-order valence-electron chi connectivity index (χ4n) is 2.39. The van der Waals surface area contributed by atoms with E-state index in [-0.39, 0.29) is 10.5 Å². The van der Waals surface area contributed by atoms with Crippen LogP contribution in [0.2, 0.25) is 0 Å². The topological polar surface area (TPSA) is 95.9 Å². The molecule has 128 valence electrons. The summed E-state index contributed by atoms with van der Waals surface area (Å²) in [5.74, 6) is -1.15. The fourth-order valence-corrected chi connectivity index (χ4v) is 3.71. The molecule has 1 fully saturated rings. The summed E-state index contributed by atoms with van der Waals surface area (Å²) in [5.41, 5.74) is 0.472. The van der Waals surface area contributed by atoms with Gasteiger partial charge in [0.25, 0.3) is 0 Å². The van der Waals surface area contributed by atoms with E-state index in [0.717, 1.165) is 12.8 Å². The van der Waals surface area contributed by atoms with E-state index in [1.165, 1.54) is 12.1 Å². The normalized spacial score (nSPS) is 15.6. The number of nitrogens with one attached hydrogen (secondary N) is 1. The number of hydrogen-bond donors (Lipinski definition) is 2. The maximum atomic E-state index is 12.6. The molecule has 0 bridgehead atoms. The molecular weight excluding hydrogens is 320 g/mol. The van der Waals surface area contributed by atoms with E-state index >= 15 is 0 Å². The van der Waals surface area contributed by atoms with Crippen LogP contribution in [0.4, 0.5) is 5.69 Å². The molecule has 0 unspecified atom stereocenters. The highest BCUT2D eigenvalue weighted by Gasteiger charge is 2.24. The van der Waals surface area contributed by atoms with E-state index in [1.54, 1.807) is 6.07 Å². The van der Waals surface area contributed by atoms with Gasteiger partial charge in [0.1, 0.15) is 4.90 Å². The number of hydrogen-bond acceptors (Lipinski definition) is 5. The fraction of sp³-hybridized carbons (Fsp3) is 0.533. The summed E-state index contributed by atoms with van der Waals surface area (Å²) in [5, 5.41) is 9.14. The van der Waals surface area contributed by atoms with E-state index in [1.807, 2.05) is 11.8 Å². The third-order valence-corrected chi connectivity index (χ3v) is 5.16. The molecule has 0 saturated carbocycles. The second kappa shape index (κ2) is 7.76. The summed E-state index contributed by atoms with van der Waals surface area (Å²) in [6.07, 6.45) is 1.60. The van der Waals surface area contributed by atoms with Gasteiger partial charge in [-0.2, -0.15) is 0 Å². The van der Waals surface area contributed by atoms with Crippen LogP contribution in [0.25, 0.3) is 0 Å². The number of carboxylic acids is 1. The molecule has 0 aliphatic carbocycles. The molecule has 0 spiro atoms. The third kappa shape index (κ3) is 4.43. The lowest BCUT2D eigenvalue weighted by molar-refractivity contribution is 0.0696. The van der Waals surface area contributed by atoms with Crippen molar-refractivity contribution in [3.63, 3.8) is 0 Å². The summed E-state index contributed by atoms with van der Waals surface area (Å²) in [7, 11) is -3.76. The summed E-state index contributed by atoms with van der Waals surface area (Å²) in [4.78, 5) is 13.1. The first kappa shape index (κ1) is 17.7. The van der Waals surface area contributed by atoms with Crippen LogP contribution >= 0.6 is 0 Å². The molecule has 1 aromatic rings. The molecule has 0 radical (unpaired) electrons. The molecule has 1 saturated heterocycles. The van der Waals surface area contributed by atoms with Crippen LogP contribution in [0.1, 0.15) is 30.1 Å². The number of unbranched alkanes of at least 4 members (excludes halogenated alkanes) is 1. The number of carboxylic acid groups (broad SMARTS) is 1. The monoisotopic (exact) mass is 342 g/mol. The number of morpholine rings is 1. The first-order valence-electron chi connectivity index (χ1n) is 7.65. The third-order valence-electron chi connectivity index (χ3n) is 3.67. The molecule has 0 atom stereocenters. The SMILES string of the molecule is CCCCNS(=O)(=O)c1cc(C(=O)O)ccc1N1CCOCC1. The van der Waals surface area contributed by atoms with Gasteiger partial charge in [-0.05, 0) is 24.6 Å². The van der Waals surface area contributed by atoms with Crippen molar-refractivity contribution >= 4 is 21.7 Å². The van der Waals surface area contributed by atoms with Crippen molar-refractivity contribution in [2.24, 2.45) is 0 Å². The molecule has 8 heteroatoms. The Bertz CT molecular complexity index is 654. The standard InChI is InChI=1S/C15H22N2O5S/c1-2-3-6-16-23(20,21)14-11-12(15(18)19)4-5-13(14)17-7-9-22-10-8-17/h4-5,11,16H,2-3,6-10H2,1H3,(H,18,19). The maximum absolute atomic E-state index is 12.6. The number of rotatable bonds is 7. The molecule has 0 amide bonds. The molecule has 1 aliphatic rings. The highest BCUT2D eigenvalue weighted by molar-refractivity contribution is 7.89. The Hall–Kier alpha value is -1.64. The van der Waals surface area contributed by atoms with Gasteiger partial charge in [0.15, 0.2) is 0 Å². The van der Waals surface area contributed by atoms with Crippen molar-refractivity contribution in [1.29, 1.82) is 0 Å². The van der Waals surface area contributed by atoms with Crippen LogP contribution in [-0.2, 0) is 14.8 Å². The minimum atomic E-state index is -3.76. The lowest BCUT2D eigenvalue weighted by Crippen LogP contribution is -2.38. The molecule has 2 N–H and O–H groups in total. The lowest BCUT2D eigenvalue weighted by atomic mass is 10.2. The number of carbonyl (C=O) groups is 1. The average molecular weight is 342 g/mol. The van der Waals surface area contributed by atoms with E-state index in [2.05, 4.69) is 4.72 Å². The molecule has 7 nitrogen and oxygen atoms in total. The number of anilines is 1. The Labute approximate surface area is 136 Å². The number of ether oxygens (including phenoxy) is 1. The molecule has 2 rings (SSSR count). The van der Waals surface area contributed by atoms with Crippen LogP contribution in [0.5, 0.6) is 0 Å². The Kier molecular flexibility index (Phi) is 5.97. The first-order chi connectivity index (χ1) is 11.0. The predicted octanol–water partition coefficient (Wildman–Crippen LogP) is 1.30. The molecule has 23 heavy (non-hydrogen) atoms. The molecule has 1 aliphatic heterocycles. The summed E-state index contributed by atoms with van der Waals surface area (Å²) in [6.45, 7) is 4.48.